The van der Waals surface area contributed by atoms with Gasteiger partial charge in [0.25, 0.3) is 0 Å². The van der Waals surface area contributed by atoms with Crippen LogP contribution in [0.4, 0.5) is 0 Å². The van der Waals surface area contributed by atoms with Gasteiger partial charge in [-0.3, -0.25) is 4.90 Å². The molecule has 1 saturated heterocycles. The van der Waals surface area contributed by atoms with Gasteiger partial charge >= 0.3 is 0 Å². The van der Waals surface area contributed by atoms with Gasteiger partial charge in [0.2, 0.25) is 5.89 Å². The molecule has 0 radical (unpaired) electrons. The molecule has 3 heterocycles. The van der Waals surface area contributed by atoms with Crippen LogP contribution in [0.2, 0.25) is 0 Å². The van der Waals surface area contributed by atoms with Crippen molar-refractivity contribution in [1.82, 2.24) is 9.88 Å². The highest BCUT2D eigenvalue weighted by atomic mass is 32.1. The number of oxazole rings is 1. The number of benzene rings is 1. The van der Waals surface area contributed by atoms with Gasteiger partial charge in [-0.1, -0.05) is 35.9 Å². The summed E-state index contributed by atoms with van der Waals surface area (Å²) in [4.78, 5) is 8.40. The molecular weight excluding hydrogens is 316 g/mol. The van der Waals surface area contributed by atoms with Crippen LogP contribution in [0.15, 0.2) is 46.2 Å². The molecule has 1 aliphatic heterocycles. The molecule has 4 heteroatoms. The van der Waals surface area contributed by atoms with Gasteiger partial charge in [0.05, 0.1) is 10.6 Å². The molecule has 3 nitrogen and oxygen atoms in total. The van der Waals surface area contributed by atoms with Crippen LogP contribution in [0.1, 0.15) is 41.5 Å². The van der Waals surface area contributed by atoms with E-state index in [1.807, 2.05) is 13.0 Å². The molecule has 1 atom stereocenters. The molecule has 3 aromatic rings. The third kappa shape index (κ3) is 3.04. The van der Waals surface area contributed by atoms with Gasteiger partial charge in [-0.25, -0.2) is 4.98 Å². The van der Waals surface area contributed by atoms with Crippen LogP contribution in [0, 0.1) is 13.8 Å². The van der Waals surface area contributed by atoms with Crippen molar-refractivity contribution in [1.29, 1.82) is 0 Å². The zero-order valence-electron chi connectivity index (χ0n) is 14.2. The number of aryl methyl sites for hydroxylation is 2. The first-order valence-corrected chi connectivity index (χ1v) is 9.39. The SMILES string of the molecule is Cc1cccc([C@@H]2CCCN2Cc2nc(-c3cccs3)oc2C)c1. The molecule has 1 aromatic carbocycles. The maximum absolute atomic E-state index is 5.90. The van der Waals surface area contributed by atoms with E-state index in [-0.39, 0.29) is 0 Å². The van der Waals surface area contributed by atoms with Crippen LogP contribution in [0.5, 0.6) is 0 Å². The molecule has 0 aliphatic carbocycles. The lowest BCUT2D eigenvalue weighted by atomic mass is 10.0. The summed E-state index contributed by atoms with van der Waals surface area (Å²) in [5.41, 5.74) is 3.82. The summed E-state index contributed by atoms with van der Waals surface area (Å²) >= 11 is 1.67. The lowest BCUT2D eigenvalue weighted by Crippen LogP contribution is -2.23. The van der Waals surface area contributed by atoms with Crippen LogP contribution in [-0.4, -0.2) is 16.4 Å². The Balaban J connectivity index is 1.56. The van der Waals surface area contributed by atoms with Crippen LogP contribution in [0.25, 0.3) is 10.8 Å². The third-order valence-corrected chi connectivity index (χ3v) is 5.63. The van der Waals surface area contributed by atoms with E-state index in [9.17, 15) is 0 Å². The van der Waals surface area contributed by atoms with Gasteiger partial charge in [0.1, 0.15) is 5.76 Å². The summed E-state index contributed by atoms with van der Waals surface area (Å²) < 4.78 is 5.90. The minimum atomic E-state index is 0.492. The van der Waals surface area contributed by atoms with Crippen LogP contribution in [0.3, 0.4) is 0 Å². The van der Waals surface area contributed by atoms with E-state index in [1.165, 1.54) is 24.0 Å². The number of rotatable bonds is 4. The molecule has 2 aromatic heterocycles. The fourth-order valence-electron chi connectivity index (χ4n) is 3.54. The van der Waals surface area contributed by atoms with E-state index in [0.717, 1.165) is 35.3 Å². The van der Waals surface area contributed by atoms with Crippen molar-refractivity contribution in [2.24, 2.45) is 0 Å². The summed E-state index contributed by atoms with van der Waals surface area (Å²) in [6.07, 6.45) is 2.46. The monoisotopic (exact) mass is 338 g/mol. The maximum atomic E-state index is 5.90. The molecule has 0 bridgehead atoms. The number of thiophene rings is 1. The maximum Gasteiger partial charge on any atom is 0.236 e. The Bertz CT molecular complexity index is 822. The Morgan fingerprint density at radius 2 is 2.17 bits per heavy atom. The minimum absolute atomic E-state index is 0.492. The second-order valence-electron chi connectivity index (χ2n) is 6.54. The Morgan fingerprint density at radius 3 is 2.96 bits per heavy atom. The first-order valence-electron chi connectivity index (χ1n) is 8.51. The molecule has 0 spiro atoms. The summed E-state index contributed by atoms with van der Waals surface area (Å²) in [5.74, 6) is 1.69. The van der Waals surface area contributed by atoms with Crippen molar-refractivity contribution in [3.05, 3.63) is 64.4 Å². The fourth-order valence-corrected chi connectivity index (χ4v) is 4.19. The van der Waals surface area contributed by atoms with Gasteiger partial charge in [0.15, 0.2) is 0 Å². The molecule has 1 aliphatic rings. The molecule has 0 unspecified atom stereocenters. The fraction of sp³-hybridized carbons (Fsp3) is 0.350. The van der Waals surface area contributed by atoms with E-state index in [2.05, 4.69) is 47.5 Å². The lowest BCUT2D eigenvalue weighted by molar-refractivity contribution is 0.244. The van der Waals surface area contributed by atoms with Gasteiger partial charge in [-0.05, 0) is 50.2 Å². The molecule has 0 amide bonds. The zero-order valence-corrected chi connectivity index (χ0v) is 15.0. The third-order valence-electron chi connectivity index (χ3n) is 4.77. The first kappa shape index (κ1) is 15.6. The number of nitrogens with zero attached hydrogens (tertiary/aromatic N) is 2. The van der Waals surface area contributed by atoms with Crippen molar-refractivity contribution in [2.45, 2.75) is 39.3 Å². The zero-order chi connectivity index (χ0) is 16.5. The van der Waals surface area contributed by atoms with E-state index >= 15 is 0 Å². The average Bonchev–Trinajstić information content (AvgIpc) is 3.29. The molecule has 0 saturated carbocycles. The number of aromatic nitrogens is 1. The Morgan fingerprint density at radius 1 is 1.25 bits per heavy atom. The largest absolute Gasteiger partial charge is 0.440 e. The molecule has 1 fully saturated rings. The Hall–Kier alpha value is -1.91. The second-order valence-corrected chi connectivity index (χ2v) is 7.49. The Labute approximate surface area is 147 Å². The number of hydrogen-bond donors (Lipinski definition) is 0. The number of hydrogen-bond acceptors (Lipinski definition) is 4. The topological polar surface area (TPSA) is 29.3 Å². The van der Waals surface area contributed by atoms with E-state index in [0.29, 0.717) is 6.04 Å². The van der Waals surface area contributed by atoms with Crippen molar-refractivity contribution in [3.8, 4) is 10.8 Å². The molecule has 124 valence electrons. The van der Waals surface area contributed by atoms with Crippen molar-refractivity contribution in [2.75, 3.05) is 6.54 Å². The Kier molecular flexibility index (Phi) is 4.25. The molecule has 24 heavy (non-hydrogen) atoms. The molecular formula is C20H22N2OS. The standard InChI is InChI=1S/C20H22N2OS/c1-14-6-3-7-16(12-14)18-8-4-10-22(18)13-17-15(2)23-20(21-17)19-9-5-11-24-19/h3,5-7,9,11-12,18H,4,8,10,13H2,1-2H3/t18-/m0/s1. The summed E-state index contributed by atoms with van der Waals surface area (Å²) in [5, 5.41) is 2.06. The predicted octanol–water partition coefficient (Wildman–Crippen LogP) is 5.36. The average molecular weight is 338 g/mol. The van der Waals surface area contributed by atoms with Crippen LogP contribution < -0.4 is 0 Å². The quantitative estimate of drug-likeness (QED) is 0.641. The van der Waals surface area contributed by atoms with Crippen molar-refractivity contribution >= 4 is 11.3 Å². The van der Waals surface area contributed by atoms with E-state index in [4.69, 9.17) is 9.40 Å². The minimum Gasteiger partial charge on any atom is -0.440 e. The molecule has 0 N–H and O–H groups in total. The normalized spacial score (nSPS) is 18.3. The van der Waals surface area contributed by atoms with Gasteiger partial charge in [-0.2, -0.15) is 0 Å². The highest BCUT2D eigenvalue weighted by Gasteiger charge is 2.27. The van der Waals surface area contributed by atoms with Crippen LogP contribution >= 0.6 is 11.3 Å². The predicted molar refractivity (Wildman–Crippen MR) is 98.1 cm³/mol. The van der Waals surface area contributed by atoms with Crippen molar-refractivity contribution in [3.63, 3.8) is 0 Å². The van der Waals surface area contributed by atoms with Gasteiger partial charge < -0.3 is 4.42 Å². The highest BCUT2D eigenvalue weighted by molar-refractivity contribution is 7.13. The van der Waals surface area contributed by atoms with Crippen molar-refractivity contribution < 1.29 is 4.42 Å². The smallest absolute Gasteiger partial charge is 0.236 e. The van der Waals surface area contributed by atoms with E-state index in [1.54, 1.807) is 11.3 Å². The molecule has 4 rings (SSSR count). The van der Waals surface area contributed by atoms with Gasteiger partial charge in [-0.15, -0.1) is 11.3 Å². The summed E-state index contributed by atoms with van der Waals surface area (Å²) in [7, 11) is 0. The van der Waals surface area contributed by atoms with Gasteiger partial charge in [0, 0.05) is 12.6 Å². The second kappa shape index (κ2) is 6.54. The summed E-state index contributed by atoms with van der Waals surface area (Å²) in [6.45, 7) is 6.17. The summed E-state index contributed by atoms with van der Waals surface area (Å²) in [6, 6.07) is 13.5. The number of likely N-dealkylation sites (tertiary alicyclic amines) is 1. The first-order chi connectivity index (χ1) is 11.7. The highest BCUT2D eigenvalue weighted by Crippen LogP contribution is 2.34. The van der Waals surface area contributed by atoms with E-state index < -0.39 is 0 Å². The van der Waals surface area contributed by atoms with Crippen LogP contribution in [-0.2, 0) is 6.54 Å². The lowest BCUT2D eigenvalue weighted by Gasteiger charge is -2.24.